The van der Waals surface area contributed by atoms with Gasteiger partial charge in [-0.05, 0) is 50.3 Å². The highest BCUT2D eigenvalue weighted by Crippen LogP contribution is 2.27. The first-order valence-electron chi connectivity index (χ1n) is 9.08. The Balaban J connectivity index is 2.07. The van der Waals surface area contributed by atoms with Crippen LogP contribution in [0.2, 0.25) is 0 Å². The number of benzene rings is 2. The van der Waals surface area contributed by atoms with Crippen molar-refractivity contribution in [3.05, 3.63) is 65.7 Å². The van der Waals surface area contributed by atoms with Crippen LogP contribution in [-0.2, 0) is 0 Å². The van der Waals surface area contributed by atoms with Crippen LogP contribution in [0, 0.1) is 0 Å². The summed E-state index contributed by atoms with van der Waals surface area (Å²) in [5.74, 6) is 0.935. The quantitative estimate of drug-likeness (QED) is 0.583. The van der Waals surface area contributed by atoms with Gasteiger partial charge in [0.15, 0.2) is 5.78 Å². The Morgan fingerprint density at radius 1 is 1.04 bits per heavy atom. The molecule has 2 aromatic carbocycles. The van der Waals surface area contributed by atoms with E-state index in [4.69, 9.17) is 4.74 Å². The molecule has 0 radical (unpaired) electrons. The normalized spacial score (nSPS) is 12.2. The first-order chi connectivity index (χ1) is 12.1. The van der Waals surface area contributed by atoms with Crippen molar-refractivity contribution in [2.75, 3.05) is 27.2 Å². The van der Waals surface area contributed by atoms with Crippen LogP contribution in [0.15, 0.2) is 54.6 Å². The maximum atomic E-state index is 13.0. The summed E-state index contributed by atoms with van der Waals surface area (Å²) in [5, 5.41) is 0. The molecule has 0 fully saturated rings. The molecular formula is C22H29NO2. The number of carbonyl (C=O) groups is 1. The number of carbonyl (C=O) groups excluding carboxylic acids is 1. The van der Waals surface area contributed by atoms with Gasteiger partial charge in [-0.15, -0.1) is 0 Å². The van der Waals surface area contributed by atoms with Crippen molar-refractivity contribution in [3.63, 3.8) is 0 Å². The highest BCUT2D eigenvalue weighted by Gasteiger charge is 2.21. The molecule has 2 aromatic rings. The number of unbranched alkanes of at least 4 members (excludes halogenated alkanes) is 1. The third-order valence-corrected chi connectivity index (χ3v) is 4.31. The predicted octanol–water partition coefficient (Wildman–Crippen LogP) is 4.78. The second-order valence-corrected chi connectivity index (χ2v) is 6.65. The summed E-state index contributed by atoms with van der Waals surface area (Å²) in [4.78, 5) is 15.1. The molecule has 0 N–H and O–H groups in total. The fourth-order valence-corrected chi connectivity index (χ4v) is 2.81. The largest absolute Gasteiger partial charge is 0.492 e. The lowest BCUT2D eigenvalue weighted by atomic mass is 9.86. The molecule has 0 aromatic heterocycles. The van der Waals surface area contributed by atoms with Crippen LogP contribution < -0.4 is 4.74 Å². The highest BCUT2D eigenvalue weighted by molar-refractivity contribution is 6.01. The van der Waals surface area contributed by atoms with Crippen molar-refractivity contribution in [1.82, 2.24) is 4.90 Å². The molecule has 0 spiro atoms. The van der Waals surface area contributed by atoms with E-state index in [9.17, 15) is 4.79 Å². The zero-order valence-electron chi connectivity index (χ0n) is 15.6. The van der Waals surface area contributed by atoms with Gasteiger partial charge >= 0.3 is 0 Å². The number of ether oxygens (including phenoxy) is 1. The fourth-order valence-electron chi connectivity index (χ4n) is 2.81. The summed E-state index contributed by atoms with van der Waals surface area (Å²) in [5.41, 5.74) is 1.86. The molecule has 3 heteroatoms. The van der Waals surface area contributed by atoms with Crippen LogP contribution in [0.1, 0.15) is 48.0 Å². The number of Topliss-reactive ketones (excluding diaryl/α,β-unsaturated/α-hetero) is 1. The van der Waals surface area contributed by atoms with Crippen molar-refractivity contribution in [2.24, 2.45) is 0 Å². The van der Waals surface area contributed by atoms with Gasteiger partial charge in [0.2, 0.25) is 0 Å². The van der Waals surface area contributed by atoms with Crippen molar-refractivity contribution < 1.29 is 9.53 Å². The number of nitrogens with zero attached hydrogens (tertiary/aromatic N) is 1. The topological polar surface area (TPSA) is 29.5 Å². The Labute approximate surface area is 151 Å². The van der Waals surface area contributed by atoms with Gasteiger partial charge in [0.25, 0.3) is 0 Å². The molecule has 1 unspecified atom stereocenters. The monoisotopic (exact) mass is 339 g/mol. The van der Waals surface area contributed by atoms with Gasteiger partial charge in [0.05, 0.1) is 0 Å². The Morgan fingerprint density at radius 2 is 1.72 bits per heavy atom. The third-order valence-electron chi connectivity index (χ3n) is 4.31. The summed E-state index contributed by atoms with van der Waals surface area (Å²) >= 11 is 0. The molecule has 25 heavy (non-hydrogen) atoms. The van der Waals surface area contributed by atoms with Gasteiger partial charge in [-0.2, -0.15) is 0 Å². The molecule has 0 saturated carbocycles. The van der Waals surface area contributed by atoms with E-state index in [0.29, 0.717) is 6.61 Å². The van der Waals surface area contributed by atoms with Crippen molar-refractivity contribution in [3.8, 4) is 5.75 Å². The Kier molecular flexibility index (Phi) is 7.68. The number of hydrogen-bond acceptors (Lipinski definition) is 3. The smallest absolute Gasteiger partial charge is 0.170 e. The van der Waals surface area contributed by atoms with Gasteiger partial charge in [0, 0.05) is 18.0 Å². The minimum absolute atomic E-state index is 0.0679. The molecule has 1 atom stereocenters. The first kappa shape index (κ1) is 19.2. The Bertz CT molecular complexity index is 635. The molecule has 0 aliphatic carbocycles. The lowest BCUT2D eigenvalue weighted by Gasteiger charge is -2.16. The molecule has 0 amide bonds. The molecule has 0 aliphatic heterocycles. The average Bonchev–Trinajstić information content (AvgIpc) is 2.63. The van der Waals surface area contributed by atoms with Gasteiger partial charge < -0.3 is 9.64 Å². The van der Waals surface area contributed by atoms with Crippen LogP contribution in [0.3, 0.4) is 0 Å². The van der Waals surface area contributed by atoms with E-state index in [1.165, 1.54) is 0 Å². The summed E-state index contributed by atoms with van der Waals surface area (Å²) in [6.07, 6.45) is 3.03. The summed E-state index contributed by atoms with van der Waals surface area (Å²) in [7, 11) is 4.04. The highest BCUT2D eigenvalue weighted by atomic mass is 16.5. The second kappa shape index (κ2) is 10.00. The molecule has 0 heterocycles. The molecular weight excluding hydrogens is 310 g/mol. The minimum Gasteiger partial charge on any atom is -0.492 e. The molecule has 2 rings (SSSR count). The van der Waals surface area contributed by atoms with E-state index < -0.39 is 0 Å². The molecule has 134 valence electrons. The van der Waals surface area contributed by atoms with Crippen LogP contribution in [0.25, 0.3) is 0 Å². The zero-order valence-corrected chi connectivity index (χ0v) is 15.6. The van der Waals surface area contributed by atoms with Crippen molar-refractivity contribution >= 4 is 5.78 Å². The van der Waals surface area contributed by atoms with Crippen LogP contribution in [-0.4, -0.2) is 37.9 Å². The van der Waals surface area contributed by atoms with Gasteiger partial charge in [-0.3, -0.25) is 4.79 Å². The van der Waals surface area contributed by atoms with E-state index in [1.807, 2.05) is 56.6 Å². The standard InChI is InChI=1S/C22H29NO2/c1-4-5-11-21(18-9-7-6-8-10-18)22(24)19-12-14-20(15-13-19)25-17-16-23(2)3/h6-10,12-15,21H,4-5,11,16-17H2,1-3H3. The minimum atomic E-state index is -0.0679. The molecule has 0 bridgehead atoms. The summed E-state index contributed by atoms with van der Waals surface area (Å²) < 4.78 is 5.71. The van der Waals surface area contributed by atoms with Gasteiger partial charge in [-0.25, -0.2) is 0 Å². The number of rotatable bonds is 10. The Hall–Kier alpha value is -2.13. The van der Waals surface area contributed by atoms with Crippen molar-refractivity contribution in [2.45, 2.75) is 32.1 Å². The number of likely N-dealkylation sites (N-methyl/N-ethyl adjacent to an activating group) is 1. The summed E-state index contributed by atoms with van der Waals surface area (Å²) in [6, 6.07) is 17.7. The first-order valence-corrected chi connectivity index (χ1v) is 9.08. The third kappa shape index (κ3) is 6.02. The van der Waals surface area contributed by atoms with Gasteiger partial charge in [-0.1, -0.05) is 50.1 Å². The van der Waals surface area contributed by atoms with Crippen LogP contribution in [0.4, 0.5) is 0 Å². The molecule has 0 saturated heterocycles. The van der Waals surface area contributed by atoms with E-state index in [2.05, 4.69) is 24.0 Å². The number of hydrogen-bond donors (Lipinski definition) is 0. The lowest BCUT2D eigenvalue weighted by Crippen LogP contribution is -2.19. The molecule has 0 aliphatic rings. The maximum Gasteiger partial charge on any atom is 0.170 e. The number of ketones is 1. The van der Waals surface area contributed by atoms with E-state index >= 15 is 0 Å². The fraction of sp³-hybridized carbons (Fsp3) is 0.409. The maximum absolute atomic E-state index is 13.0. The van der Waals surface area contributed by atoms with Gasteiger partial charge in [0.1, 0.15) is 12.4 Å². The van der Waals surface area contributed by atoms with Crippen LogP contribution >= 0.6 is 0 Å². The zero-order chi connectivity index (χ0) is 18.1. The predicted molar refractivity (Wildman–Crippen MR) is 104 cm³/mol. The lowest BCUT2D eigenvalue weighted by molar-refractivity contribution is 0.0954. The second-order valence-electron chi connectivity index (χ2n) is 6.65. The summed E-state index contributed by atoms with van der Waals surface area (Å²) in [6.45, 7) is 3.67. The van der Waals surface area contributed by atoms with E-state index in [1.54, 1.807) is 0 Å². The van der Waals surface area contributed by atoms with Crippen LogP contribution in [0.5, 0.6) is 5.75 Å². The van der Waals surface area contributed by atoms with E-state index in [0.717, 1.165) is 42.7 Å². The van der Waals surface area contributed by atoms with Crippen molar-refractivity contribution in [1.29, 1.82) is 0 Å². The molecule has 3 nitrogen and oxygen atoms in total. The SMILES string of the molecule is CCCCC(C(=O)c1ccc(OCCN(C)C)cc1)c1ccccc1. The van der Waals surface area contributed by atoms with E-state index in [-0.39, 0.29) is 11.7 Å². The average molecular weight is 339 g/mol. The Morgan fingerprint density at radius 3 is 2.32 bits per heavy atom.